The van der Waals surface area contributed by atoms with E-state index in [1.165, 1.54) is 4.90 Å². The zero-order chi connectivity index (χ0) is 24.9. The third-order valence-electron chi connectivity index (χ3n) is 5.31. The molecule has 182 valence electrons. The highest BCUT2D eigenvalue weighted by atomic mass is 32.1. The van der Waals surface area contributed by atoms with Crippen molar-refractivity contribution in [3.05, 3.63) is 71.2 Å². The average Bonchev–Trinajstić information content (AvgIpc) is 3.30. The highest BCUT2D eigenvalue weighted by Gasteiger charge is 2.33. The van der Waals surface area contributed by atoms with Crippen LogP contribution < -0.4 is 24.4 Å². The van der Waals surface area contributed by atoms with Crippen LogP contribution in [0, 0.1) is 6.92 Å². The lowest BCUT2D eigenvalue weighted by molar-refractivity contribution is -0.113. The molecule has 0 saturated carbocycles. The molecule has 9 heteroatoms. The van der Waals surface area contributed by atoms with Crippen molar-refractivity contribution < 1.29 is 19.0 Å². The molecule has 0 bridgehead atoms. The summed E-state index contributed by atoms with van der Waals surface area (Å²) < 4.78 is 18.9. The molecule has 1 saturated heterocycles. The summed E-state index contributed by atoms with van der Waals surface area (Å²) in [5.41, 5.74) is 3.63. The molecule has 1 fully saturated rings. The van der Waals surface area contributed by atoms with Gasteiger partial charge in [0.1, 0.15) is 18.1 Å². The molecular formula is C26H28N4O4S. The fourth-order valence-electron chi connectivity index (χ4n) is 3.74. The number of anilines is 1. The lowest BCUT2D eigenvalue weighted by Gasteiger charge is -2.13. The second kappa shape index (κ2) is 10.6. The Bertz CT molecular complexity index is 1270. The molecule has 0 unspecified atom stereocenters. The maximum Gasteiger partial charge on any atom is 0.281 e. The van der Waals surface area contributed by atoms with Crippen LogP contribution >= 0.6 is 12.2 Å². The number of aromatic nitrogens is 2. The molecule has 1 amide bonds. The van der Waals surface area contributed by atoms with Crippen molar-refractivity contribution in [2.75, 3.05) is 18.1 Å². The number of nitrogens with zero attached hydrogens (tertiary/aromatic N) is 3. The number of carbonyl (C=O) groups excluding carboxylic acids is 1. The number of rotatable bonds is 9. The molecular weight excluding hydrogens is 464 g/mol. The van der Waals surface area contributed by atoms with E-state index < -0.39 is 0 Å². The number of amides is 1. The number of thiocarbonyl (C=S) groups is 1. The molecule has 1 aliphatic heterocycles. The molecule has 1 aromatic heterocycles. The van der Waals surface area contributed by atoms with Crippen LogP contribution in [0.15, 0.2) is 54.4 Å². The first kappa shape index (κ1) is 24.3. The summed E-state index contributed by atoms with van der Waals surface area (Å²) in [5.74, 6) is 1.93. The van der Waals surface area contributed by atoms with E-state index in [1.54, 1.807) is 17.0 Å². The van der Waals surface area contributed by atoms with Gasteiger partial charge in [0.2, 0.25) is 0 Å². The number of carbonyl (C=O) groups is 1. The number of nitrogens with one attached hydrogen (secondary N) is 1. The van der Waals surface area contributed by atoms with Crippen LogP contribution in [0.1, 0.15) is 30.7 Å². The Labute approximate surface area is 210 Å². The van der Waals surface area contributed by atoms with E-state index in [2.05, 4.69) is 10.4 Å². The molecule has 2 aromatic carbocycles. The number of hydrogen-bond donors (Lipinski definition) is 1. The van der Waals surface area contributed by atoms with Crippen LogP contribution in [0.5, 0.6) is 17.2 Å². The molecule has 0 spiro atoms. The molecule has 8 nitrogen and oxygen atoms in total. The first-order valence-electron chi connectivity index (χ1n) is 11.4. The van der Waals surface area contributed by atoms with Crippen LogP contribution in [-0.2, 0) is 18.4 Å². The Hall–Kier alpha value is -3.85. The Kier molecular flexibility index (Phi) is 7.36. The second-order valence-corrected chi connectivity index (χ2v) is 8.29. The Morgan fingerprint density at radius 2 is 1.74 bits per heavy atom. The van der Waals surface area contributed by atoms with E-state index in [0.29, 0.717) is 47.8 Å². The minimum Gasteiger partial charge on any atom is -0.490 e. The largest absolute Gasteiger partial charge is 0.490 e. The number of aryl methyl sites for hydroxylation is 2. The third kappa shape index (κ3) is 5.46. The fourth-order valence-corrected chi connectivity index (χ4v) is 4.03. The maximum atomic E-state index is 13.0. The molecule has 4 rings (SSSR count). The molecule has 0 aliphatic carbocycles. The second-order valence-electron chi connectivity index (χ2n) is 7.91. The van der Waals surface area contributed by atoms with Crippen molar-refractivity contribution in [2.24, 2.45) is 7.05 Å². The number of ether oxygens (including phenoxy) is 3. The third-order valence-corrected chi connectivity index (χ3v) is 5.60. The van der Waals surface area contributed by atoms with Crippen molar-refractivity contribution >= 4 is 35.0 Å². The van der Waals surface area contributed by atoms with Gasteiger partial charge < -0.3 is 19.5 Å². The predicted molar refractivity (Wildman–Crippen MR) is 139 cm³/mol. The van der Waals surface area contributed by atoms with Crippen molar-refractivity contribution in [2.45, 2.75) is 27.4 Å². The normalized spacial score (nSPS) is 14.4. The molecule has 35 heavy (non-hydrogen) atoms. The molecule has 1 aliphatic rings. The van der Waals surface area contributed by atoms with Crippen molar-refractivity contribution in [1.29, 1.82) is 0 Å². The summed E-state index contributed by atoms with van der Waals surface area (Å²) in [6, 6.07) is 13.3. The van der Waals surface area contributed by atoms with Crippen LogP contribution in [0.3, 0.4) is 0 Å². The van der Waals surface area contributed by atoms with Crippen LogP contribution in [-0.4, -0.2) is 34.0 Å². The maximum absolute atomic E-state index is 13.0. The molecule has 3 aromatic rings. The van der Waals surface area contributed by atoms with Crippen molar-refractivity contribution in [1.82, 2.24) is 15.1 Å². The van der Waals surface area contributed by atoms with Gasteiger partial charge in [0, 0.05) is 13.2 Å². The van der Waals surface area contributed by atoms with Gasteiger partial charge >= 0.3 is 0 Å². The monoisotopic (exact) mass is 492 g/mol. The predicted octanol–water partition coefficient (Wildman–Crippen LogP) is 4.37. The average molecular weight is 493 g/mol. The molecule has 2 heterocycles. The van der Waals surface area contributed by atoms with Gasteiger partial charge in [-0.15, -0.1) is 0 Å². The topological polar surface area (TPSA) is 77.9 Å². The van der Waals surface area contributed by atoms with Crippen LogP contribution in [0.4, 0.5) is 5.69 Å². The molecule has 1 N–H and O–H groups in total. The van der Waals surface area contributed by atoms with E-state index in [1.807, 2.05) is 70.3 Å². The molecule has 0 radical (unpaired) electrons. The highest BCUT2D eigenvalue weighted by molar-refractivity contribution is 7.80. The Balaban J connectivity index is 1.42. The van der Waals surface area contributed by atoms with Crippen LogP contribution in [0.25, 0.3) is 6.08 Å². The zero-order valence-corrected chi connectivity index (χ0v) is 21.0. The summed E-state index contributed by atoms with van der Waals surface area (Å²) in [7, 11) is 1.81. The molecule has 0 atom stereocenters. The zero-order valence-electron chi connectivity index (χ0n) is 20.2. The van der Waals surface area contributed by atoms with Gasteiger partial charge in [-0.3, -0.25) is 9.48 Å². The van der Waals surface area contributed by atoms with E-state index in [9.17, 15) is 4.79 Å². The summed E-state index contributed by atoms with van der Waals surface area (Å²) in [6.45, 7) is 7.25. The van der Waals surface area contributed by atoms with Gasteiger partial charge in [-0.05, 0) is 74.5 Å². The SMILES string of the molecule is CCOc1ccc(COc2ccc(/C=C3/NC(=S)N(c4cn(C)nc4C)C3=O)cc2)cc1OCC. The van der Waals surface area contributed by atoms with Gasteiger partial charge in [-0.2, -0.15) is 5.10 Å². The quantitative estimate of drug-likeness (QED) is 0.351. The van der Waals surface area contributed by atoms with Gasteiger partial charge in [0.15, 0.2) is 16.6 Å². The van der Waals surface area contributed by atoms with E-state index in [4.69, 9.17) is 26.4 Å². The van der Waals surface area contributed by atoms with Gasteiger partial charge in [0.25, 0.3) is 5.91 Å². The summed E-state index contributed by atoms with van der Waals surface area (Å²) in [4.78, 5) is 14.4. The number of benzene rings is 2. The van der Waals surface area contributed by atoms with Crippen molar-refractivity contribution in [3.8, 4) is 17.2 Å². The Morgan fingerprint density at radius 1 is 1.03 bits per heavy atom. The summed E-state index contributed by atoms with van der Waals surface area (Å²) in [5, 5.41) is 7.64. The van der Waals surface area contributed by atoms with Gasteiger partial charge in [0.05, 0.1) is 24.6 Å². The van der Waals surface area contributed by atoms with Crippen molar-refractivity contribution in [3.63, 3.8) is 0 Å². The minimum absolute atomic E-state index is 0.216. The highest BCUT2D eigenvalue weighted by Crippen LogP contribution is 2.29. The van der Waals surface area contributed by atoms with E-state index in [-0.39, 0.29) is 5.91 Å². The first-order valence-corrected chi connectivity index (χ1v) is 11.8. The van der Waals surface area contributed by atoms with E-state index in [0.717, 1.165) is 22.6 Å². The first-order chi connectivity index (χ1) is 16.9. The lowest BCUT2D eigenvalue weighted by Crippen LogP contribution is -2.30. The smallest absolute Gasteiger partial charge is 0.281 e. The fraction of sp³-hybridized carbons (Fsp3) is 0.269. The lowest BCUT2D eigenvalue weighted by atomic mass is 10.1. The minimum atomic E-state index is -0.216. The van der Waals surface area contributed by atoms with E-state index >= 15 is 0 Å². The Morgan fingerprint density at radius 3 is 2.40 bits per heavy atom. The van der Waals surface area contributed by atoms with Gasteiger partial charge in [-0.1, -0.05) is 18.2 Å². The van der Waals surface area contributed by atoms with Crippen LogP contribution in [0.2, 0.25) is 0 Å². The number of hydrogen-bond acceptors (Lipinski definition) is 6. The summed E-state index contributed by atoms with van der Waals surface area (Å²) >= 11 is 5.39. The summed E-state index contributed by atoms with van der Waals surface area (Å²) in [6.07, 6.45) is 3.54. The standard InChI is InChI=1S/C26H28N4O4S/c1-5-32-23-12-9-19(14-24(23)33-6-2)16-34-20-10-7-18(8-11-20)13-21-25(31)30(26(35)27-21)22-15-29(4)28-17(22)3/h7-15H,5-6,16H2,1-4H3,(H,27,35)/b21-13+. The van der Waals surface area contributed by atoms with Gasteiger partial charge in [-0.25, -0.2) is 4.90 Å².